The van der Waals surface area contributed by atoms with Crippen LogP contribution in [0.5, 0.6) is 0 Å². The van der Waals surface area contributed by atoms with Crippen LogP contribution in [0.1, 0.15) is 19.2 Å². The number of ether oxygens (including phenoxy) is 1. The molecule has 1 aromatic rings. The molecule has 0 aliphatic carbocycles. The van der Waals surface area contributed by atoms with Gasteiger partial charge in [-0.3, -0.25) is 4.79 Å². The van der Waals surface area contributed by atoms with E-state index in [-0.39, 0.29) is 11.2 Å². The third kappa shape index (κ3) is 2.73. The number of thioether (sulfide) groups is 1. The molecule has 0 spiro atoms. The van der Waals surface area contributed by atoms with Gasteiger partial charge in [0.25, 0.3) is 0 Å². The lowest BCUT2D eigenvalue weighted by atomic mass is 10.3. The molecule has 6 nitrogen and oxygen atoms in total. The molecular weight excluding hydrogens is 228 g/mol. The van der Waals surface area contributed by atoms with Gasteiger partial charge in [-0.05, 0) is 6.42 Å². The van der Waals surface area contributed by atoms with Crippen LogP contribution in [0.3, 0.4) is 0 Å². The normalized spacial score (nSPS) is 12.5. The van der Waals surface area contributed by atoms with Crippen molar-refractivity contribution in [1.29, 1.82) is 0 Å². The van der Waals surface area contributed by atoms with E-state index in [0.29, 0.717) is 23.9 Å². The first-order valence-electron chi connectivity index (χ1n) is 4.96. The second-order valence-electron chi connectivity index (χ2n) is 3.20. The van der Waals surface area contributed by atoms with Gasteiger partial charge >= 0.3 is 5.97 Å². The zero-order valence-electron chi connectivity index (χ0n) is 9.64. The average Bonchev–Trinajstić information content (AvgIpc) is 2.66. The van der Waals surface area contributed by atoms with Gasteiger partial charge in [-0.15, -0.1) is 10.2 Å². The van der Waals surface area contributed by atoms with Crippen LogP contribution in [-0.2, 0) is 23.1 Å². The quantitative estimate of drug-likeness (QED) is 0.593. The van der Waals surface area contributed by atoms with Crippen LogP contribution in [0.15, 0.2) is 5.16 Å². The summed E-state index contributed by atoms with van der Waals surface area (Å²) in [7, 11) is 3.21. The highest BCUT2D eigenvalue weighted by molar-refractivity contribution is 8.00. The minimum Gasteiger partial charge on any atom is -0.468 e. The van der Waals surface area contributed by atoms with Crippen LogP contribution >= 0.6 is 11.8 Å². The molecule has 0 saturated carbocycles. The predicted molar refractivity (Wildman–Crippen MR) is 60.8 cm³/mol. The van der Waals surface area contributed by atoms with Crippen molar-refractivity contribution in [1.82, 2.24) is 14.8 Å². The Morgan fingerprint density at radius 2 is 2.31 bits per heavy atom. The number of methoxy groups -OCH3 is 1. The molecule has 0 radical (unpaired) electrons. The summed E-state index contributed by atoms with van der Waals surface area (Å²) in [5.41, 5.74) is 5.49. The third-order valence-electron chi connectivity index (χ3n) is 2.19. The molecule has 0 aromatic carbocycles. The summed E-state index contributed by atoms with van der Waals surface area (Å²) in [5.74, 6) is 0.451. The number of hydrogen-bond acceptors (Lipinski definition) is 6. The molecule has 0 aliphatic heterocycles. The summed E-state index contributed by atoms with van der Waals surface area (Å²) in [6.45, 7) is 2.26. The molecule has 16 heavy (non-hydrogen) atoms. The van der Waals surface area contributed by atoms with Crippen LogP contribution in [0, 0.1) is 0 Å². The van der Waals surface area contributed by atoms with Gasteiger partial charge in [-0.25, -0.2) is 0 Å². The minimum atomic E-state index is -0.251. The number of nitrogens with zero attached hydrogens (tertiary/aromatic N) is 3. The zero-order chi connectivity index (χ0) is 12.1. The first-order chi connectivity index (χ1) is 7.63. The number of nitrogens with two attached hydrogens (primary N) is 1. The Hall–Kier alpha value is -1.08. The molecule has 0 saturated heterocycles. The van der Waals surface area contributed by atoms with E-state index in [1.54, 1.807) is 4.57 Å². The fraction of sp³-hybridized carbons (Fsp3) is 0.667. The van der Waals surface area contributed by atoms with E-state index in [1.165, 1.54) is 18.9 Å². The molecule has 1 rings (SSSR count). The van der Waals surface area contributed by atoms with Gasteiger partial charge < -0.3 is 15.0 Å². The lowest BCUT2D eigenvalue weighted by molar-refractivity contribution is -0.140. The molecule has 1 atom stereocenters. The van der Waals surface area contributed by atoms with Crippen LogP contribution in [0.25, 0.3) is 0 Å². The van der Waals surface area contributed by atoms with Crippen LogP contribution < -0.4 is 5.73 Å². The van der Waals surface area contributed by atoms with Crippen LogP contribution in [-0.4, -0.2) is 33.1 Å². The summed E-state index contributed by atoms with van der Waals surface area (Å²) in [6.07, 6.45) is 0.683. The minimum absolute atomic E-state index is 0.246. The average molecular weight is 244 g/mol. The number of aromatic nitrogens is 3. The molecule has 90 valence electrons. The Bertz CT molecular complexity index is 366. The smallest absolute Gasteiger partial charge is 0.319 e. The molecule has 0 bridgehead atoms. The fourth-order valence-corrected chi connectivity index (χ4v) is 2.15. The molecule has 0 fully saturated rings. The molecule has 1 aromatic heterocycles. The van der Waals surface area contributed by atoms with Gasteiger partial charge in [0, 0.05) is 7.05 Å². The first kappa shape index (κ1) is 13.0. The van der Waals surface area contributed by atoms with Crippen LogP contribution in [0.4, 0.5) is 0 Å². The third-order valence-corrected chi connectivity index (χ3v) is 3.57. The Kier molecular flexibility index (Phi) is 4.75. The van der Waals surface area contributed by atoms with Crippen molar-refractivity contribution in [3.05, 3.63) is 5.82 Å². The van der Waals surface area contributed by atoms with Gasteiger partial charge in [0.15, 0.2) is 5.16 Å². The number of carbonyl (C=O) groups excluding carboxylic acids is 1. The van der Waals surface area contributed by atoms with E-state index in [9.17, 15) is 4.79 Å². The van der Waals surface area contributed by atoms with Crippen molar-refractivity contribution < 1.29 is 9.53 Å². The van der Waals surface area contributed by atoms with Crippen molar-refractivity contribution in [3.8, 4) is 0 Å². The molecule has 0 aliphatic rings. The summed E-state index contributed by atoms with van der Waals surface area (Å²) in [5, 5.41) is 8.33. The largest absolute Gasteiger partial charge is 0.468 e. The fourth-order valence-electron chi connectivity index (χ4n) is 1.18. The van der Waals surface area contributed by atoms with Crippen molar-refractivity contribution >= 4 is 17.7 Å². The maximum absolute atomic E-state index is 11.4. The SMILES string of the molecule is CCC(Sc1nnc(CN)n1C)C(=O)OC. The highest BCUT2D eigenvalue weighted by atomic mass is 32.2. The zero-order valence-corrected chi connectivity index (χ0v) is 10.5. The highest BCUT2D eigenvalue weighted by Crippen LogP contribution is 2.24. The summed E-state index contributed by atoms with van der Waals surface area (Å²) >= 11 is 1.34. The summed E-state index contributed by atoms with van der Waals surface area (Å²) in [4.78, 5) is 11.4. The Morgan fingerprint density at radius 3 is 2.75 bits per heavy atom. The van der Waals surface area contributed by atoms with Crippen molar-refractivity contribution in [2.75, 3.05) is 7.11 Å². The van der Waals surface area contributed by atoms with E-state index >= 15 is 0 Å². The van der Waals surface area contributed by atoms with E-state index in [4.69, 9.17) is 10.5 Å². The number of esters is 1. The maximum Gasteiger partial charge on any atom is 0.319 e. The maximum atomic E-state index is 11.4. The van der Waals surface area contributed by atoms with Crippen molar-refractivity contribution in [3.63, 3.8) is 0 Å². The Morgan fingerprint density at radius 1 is 1.62 bits per heavy atom. The topological polar surface area (TPSA) is 83.0 Å². The lowest BCUT2D eigenvalue weighted by Gasteiger charge is -2.10. The number of carbonyl (C=O) groups is 1. The van der Waals surface area contributed by atoms with Crippen LogP contribution in [0.2, 0.25) is 0 Å². The van der Waals surface area contributed by atoms with E-state index in [0.717, 1.165) is 0 Å². The summed E-state index contributed by atoms with van der Waals surface area (Å²) in [6, 6.07) is 0. The Balaban J connectivity index is 2.78. The molecule has 1 unspecified atom stereocenters. The standard InChI is InChI=1S/C9H16N4O2S/c1-4-6(8(14)15-3)16-9-12-11-7(5-10)13(9)2/h6H,4-5,10H2,1-3H3. The first-order valence-corrected chi connectivity index (χ1v) is 5.84. The van der Waals surface area contributed by atoms with Crippen molar-refractivity contribution in [2.24, 2.45) is 12.8 Å². The number of rotatable bonds is 5. The van der Waals surface area contributed by atoms with Gasteiger partial charge in [0.05, 0.1) is 13.7 Å². The highest BCUT2D eigenvalue weighted by Gasteiger charge is 2.21. The van der Waals surface area contributed by atoms with E-state index in [1.807, 2.05) is 14.0 Å². The lowest BCUT2D eigenvalue weighted by Crippen LogP contribution is -2.18. The molecule has 7 heteroatoms. The monoisotopic (exact) mass is 244 g/mol. The molecule has 0 amide bonds. The summed E-state index contributed by atoms with van der Waals surface area (Å²) < 4.78 is 6.49. The van der Waals surface area contributed by atoms with Gasteiger partial charge in [-0.1, -0.05) is 18.7 Å². The second kappa shape index (κ2) is 5.86. The van der Waals surface area contributed by atoms with E-state index in [2.05, 4.69) is 10.2 Å². The Labute approximate surface area is 98.6 Å². The molecular formula is C9H16N4O2S. The van der Waals surface area contributed by atoms with E-state index < -0.39 is 0 Å². The van der Waals surface area contributed by atoms with Gasteiger partial charge in [-0.2, -0.15) is 0 Å². The molecule has 1 heterocycles. The predicted octanol–water partition coefficient (Wildman–Crippen LogP) is 0.317. The second-order valence-corrected chi connectivity index (χ2v) is 4.37. The van der Waals surface area contributed by atoms with Crippen molar-refractivity contribution in [2.45, 2.75) is 30.3 Å². The molecule has 2 N–H and O–H groups in total. The number of hydrogen-bond donors (Lipinski definition) is 1. The van der Waals surface area contributed by atoms with Gasteiger partial charge in [0.1, 0.15) is 11.1 Å². The van der Waals surface area contributed by atoms with Gasteiger partial charge in [0.2, 0.25) is 0 Å².